The minimum Gasteiger partial charge on any atom is -0.322 e. The Bertz CT molecular complexity index is 1310. The summed E-state index contributed by atoms with van der Waals surface area (Å²) in [5, 5.41) is 4.39. The molecule has 0 saturated carbocycles. The minimum atomic E-state index is -0.446. The molecular formula is C21H16N4O2S2. The summed E-state index contributed by atoms with van der Waals surface area (Å²) in [7, 11) is 0. The zero-order valence-electron chi connectivity index (χ0n) is 15.5. The second-order valence-electron chi connectivity index (χ2n) is 6.78. The van der Waals surface area contributed by atoms with Gasteiger partial charge in [-0.15, -0.1) is 11.3 Å². The van der Waals surface area contributed by atoms with Crippen molar-refractivity contribution in [2.24, 2.45) is 0 Å². The summed E-state index contributed by atoms with van der Waals surface area (Å²) in [6, 6.07) is 13.7. The zero-order chi connectivity index (χ0) is 20.0. The van der Waals surface area contributed by atoms with Gasteiger partial charge < -0.3 is 5.32 Å². The molecule has 29 heavy (non-hydrogen) atoms. The van der Waals surface area contributed by atoms with E-state index in [-0.39, 0.29) is 11.1 Å². The highest BCUT2D eigenvalue weighted by molar-refractivity contribution is 7.99. The fourth-order valence-corrected chi connectivity index (χ4v) is 5.21. The number of aryl methyl sites for hydroxylation is 1. The first-order chi connectivity index (χ1) is 14.1. The third-order valence-electron chi connectivity index (χ3n) is 4.73. The summed E-state index contributed by atoms with van der Waals surface area (Å²) in [6.45, 7) is 2.65. The zero-order valence-corrected chi connectivity index (χ0v) is 17.1. The number of anilines is 1. The van der Waals surface area contributed by atoms with E-state index in [0.29, 0.717) is 17.4 Å². The summed E-state index contributed by atoms with van der Waals surface area (Å²) >= 11 is 3.16. The van der Waals surface area contributed by atoms with Crippen molar-refractivity contribution in [3.8, 4) is 10.6 Å². The van der Waals surface area contributed by atoms with Crippen LogP contribution in [0.25, 0.3) is 20.8 Å². The lowest BCUT2D eigenvalue weighted by Crippen LogP contribution is -2.29. The van der Waals surface area contributed by atoms with Crippen LogP contribution in [-0.2, 0) is 6.54 Å². The Hall–Kier alpha value is -2.97. The van der Waals surface area contributed by atoms with E-state index in [1.54, 1.807) is 15.9 Å². The number of thioether (sulfide) groups is 1. The molecule has 4 aromatic rings. The van der Waals surface area contributed by atoms with E-state index in [9.17, 15) is 9.59 Å². The molecule has 0 radical (unpaired) electrons. The number of nitrogens with one attached hydrogen (secondary N) is 1. The number of benzene rings is 2. The van der Waals surface area contributed by atoms with Gasteiger partial charge in [0.1, 0.15) is 10.6 Å². The maximum absolute atomic E-state index is 12.6. The van der Waals surface area contributed by atoms with Crippen molar-refractivity contribution in [2.45, 2.75) is 18.6 Å². The molecule has 0 saturated heterocycles. The van der Waals surface area contributed by atoms with Crippen molar-refractivity contribution in [3.05, 3.63) is 70.1 Å². The quantitative estimate of drug-likeness (QED) is 0.503. The number of rotatable bonds is 3. The molecule has 0 unspecified atom stereocenters. The molecule has 0 fully saturated rings. The summed E-state index contributed by atoms with van der Waals surface area (Å²) < 4.78 is 2.71. The van der Waals surface area contributed by atoms with Crippen LogP contribution in [0.4, 0.5) is 5.69 Å². The van der Waals surface area contributed by atoms with E-state index in [4.69, 9.17) is 0 Å². The highest BCUT2D eigenvalue weighted by Gasteiger charge is 2.20. The Balaban J connectivity index is 1.38. The summed E-state index contributed by atoms with van der Waals surface area (Å²) in [6.07, 6.45) is 1.36. The number of hydrogen-bond acceptors (Lipinski definition) is 6. The summed E-state index contributed by atoms with van der Waals surface area (Å²) in [4.78, 5) is 33.9. The van der Waals surface area contributed by atoms with Crippen LogP contribution in [0.15, 0.2) is 58.6 Å². The first kappa shape index (κ1) is 18.1. The van der Waals surface area contributed by atoms with Gasteiger partial charge in [0, 0.05) is 29.7 Å². The monoisotopic (exact) mass is 420 g/mol. The molecule has 1 aliphatic rings. The van der Waals surface area contributed by atoms with Crippen LogP contribution in [0.5, 0.6) is 0 Å². The lowest BCUT2D eigenvalue weighted by molar-refractivity contribution is 0.102. The van der Waals surface area contributed by atoms with Gasteiger partial charge in [0.2, 0.25) is 0 Å². The van der Waals surface area contributed by atoms with E-state index in [1.807, 2.05) is 30.3 Å². The molecule has 0 atom stereocenters. The number of carbonyl (C=O) groups excluding carboxylic acids is 1. The summed E-state index contributed by atoms with van der Waals surface area (Å²) in [5.74, 6) is 0.359. The normalized spacial score (nSPS) is 12.9. The van der Waals surface area contributed by atoms with Crippen molar-refractivity contribution < 1.29 is 4.79 Å². The molecule has 0 bridgehead atoms. The second-order valence-corrected chi connectivity index (χ2v) is 8.87. The van der Waals surface area contributed by atoms with Crippen LogP contribution < -0.4 is 10.9 Å². The Labute approximate surface area is 174 Å². The smallest absolute Gasteiger partial charge is 0.267 e. The highest BCUT2D eigenvalue weighted by Crippen LogP contribution is 2.31. The van der Waals surface area contributed by atoms with Gasteiger partial charge in [-0.05, 0) is 48.9 Å². The van der Waals surface area contributed by atoms with E-state index >= 15 is 0 Å². The van der Waals surface area contributed by atoms with Gasteiger partial charge in [0.25, 0.3) is 11.5 Å². The number of nitrogens with zero attached hydrogens (tertiary/aromatic N) is 3. The fraction of sp³-hybridized carbons (Fsp3) is 0.143. The van der Waals surface area contributed by atoms with E-state index in [1.165, 1.54) is 23.5 Å². The van der Waals surface area contributed by atoms with Gasteiger partial charge in [0.05, 0.1) is 10.2 Å². The Morgan fingerprint density at radius 1 is 1.17 bits per heavy atom. The molecular weight excluding hydrogens is 404 g/mol. The van der Waals surface area contributed by atoms with Crippen LogP contribution in [0.1, 0.15) is 15.9 Å². The Morgan fingerprint density at radius 2 is 2.00 bits per heavy atom. The van der Waals surface area contributed by atoms with Gasteiger partial charge in [0.15, 0.2) is 5.16 Å². The van der Waals surface area contributed by atoms with Crippen molar-refractivity contribution >= 4 is 44.9 Å². The molecule has 6 nitrogen and oxygen atoms in total. The third-order valence-corrected chi connectivity index (χ3v) is 6.77. The van der Waals surface area contributed by atoms with Gasteiger partial charge in [-0.1, -0.05) is 17.8 Å². The second kappa shape index (κ2) is 7.13. The highest BCUT2D eigenvalue weighted by atomic mass is 32.2. The Morgan fingerprint density at radius 3 is 2.83 bits per heavy atom. The topological polar surface area (TPSA) is 76.9 Å². The van der Waals surface area contributed by atoms with E-state index in [2.05, 4.69) is 34.3 Å². The number of amides is 1. The summed E-state index contributed by atoms with van der Waals surface area (Å²) in [5.41, 5.74) is 3.56. The van der Waals surface area contributed by atoms with Gasteiger partial charge >= 0.3 is 0 Å². The maximum Gasteiger partial charge on any atom is 0.267 e. The fourth-order valence-electron chi connectivity index (χ4n) is 3.22. The molecule has 8 heteroatoms. The third kappa shape index (κ3) is 3.34. The number of fused-ring (bicyclic) bond motifs is 2. The Kier molecular flexibility index (Phi) is 4.44. The van der Waals surface area contributed by atoms with Gasteiger partial charge in [-0.3, -0.25) is 14.2 Å². The first-order valence-corrected chi connectivity index (χ1v) is 10.9. The van der Waals surface area contributed by atoms with E-state index in [0.717, 1.165) is 26.5 Å². The van der Waals surface area contributed by atoms with Crippen LogP contribution in [-0.4, -0.2) is 26.2 Å². The predicted molar refractivity (Wildman–Crippen MR) is 117 cm³/mol. The lowest BCUT2D eigenvalue weighted by Gasteiger charge is -2.07. The molecule has 0 spiro atoms. The minimum absolute atomic E-state index is 0.0573. The largest absolute Gasteiger partial charge is 0.322 e. The van der Waals surface area contributed by atoms with Gasteiger partial charge in [-0.2, -0.15) is 0 Å². The SMILES string of the molecule is Cc1ccc2nc(-c3ccc(NC(=O)c4cnc5n(c4=O)CCS5)cc3)sc2c1. The molecule has 3 heterocycles. The molecule has 1 N–H and O–H groups in total. The van der Waals surface area contributed by atoms with E-state index < -0.39 is 5.91 Å². The maximum atomic E-state index is 12.6. The predicted octanol–water partition coefficient (Wildman–Crippen LogP) is 4.19. The van der Waals surface area contributed by atoms with Gasteiger partial charge in [-0.25, -0.2) is 9.97 Å². The van der Waals surface area contributed by atoms with Crippen LogP contribution in [0, 0.1) is 6.92 Å². The number of hydrogen-bond donors (Lipinski definition) is 1. The standard InChI is InChI=1S/C21H16N4O2S2/c1-12-2-7-16-17(10-12)29-19(24-16)13-3-5-14(6-4-13)23-18(26)15-11-22-21-25(20(15)27)8-9-28-21/h2-7,10-11H,8-9H2,1H3,(H,23,26). The van der Waals surface area contributed by atoms with Crippen molar-refractivity contribution in [1.82, 2.24) is 14.5 Å². The van der Waals surface area contributed by atoms with Crippen LogP contribution in [0.3, 0.4) is 0 Å². The number of carbonyl (C=O) groups is 1. The van der Waals surface area contributed by atoms with Crippen LogP contribution >= 0.6 is 23.1 Å². The molecule has 1 amide bonds. The average molecular weight is 421 g/mol. The molecule has 5 rings (SSSR count). The van der Waals surface area contributed by atoms with Crippen molar-refractivity contribution in [1.29, 1.82) is 0 Å². The van der Waals surface area contributed by atoms with Crippen molar-refractivity contribution in [2.75, 3.05) is 11.1 Å². The molecule has 2 aromatic heterocycles. The molecule has 1 aliphatic heterocycles. The number of thiazole rings is 1. The molecule has 0 aliphatic carbocycles. The number of aromatic nitrogens is 3. The lowest BCUT2D eigenvalue weighted by atomic mass is 10.2. The molecule has 144 valence electrons. The first-order valence-electron chi connectivity index (χ1n) is 9.10. The average Bonchev–Trinajstić information content (AvgIpc) is 3.35. The molecule has 2 aromatic carbocycles. The van der Waals surface area contributed by atoms with Crippen LogP contribution in [0.2, 0.25) is 0 Å². The van der Waals surface area contributed by atoms with Crippen molar-refractivity contribution in [3.63, 3.8) is 0 Å².